The van der Waals surface area contributed by atoms with Crippen LogP contribution in [-0.4, -0.2) is 17.9 Å². The summed E-state index contributed by atoms with van der Waals surface area (Å²) >= 11 is 0. The van der Waals surface area contributed by atoms with E-state index in [9.17, 15) is 9.59 Å². The van der Waals surface area contributed by atoms with Crippen molar-refractivity contribution in [3.63, 3.8) is 0 Å². The standard InChI is InChI=1S/C17H17N3O2/c1-11-17(22)19-14-9-13(16(18)21)7-8-15(14)20(11)10-12-5-3-2-4-6-12/h2-9,11H,10H2,1H3,(H2,18,21)(H,19,22). The third-order valence-electron chi connectivity index (χ3n) is 3.89. The minimum Gasteiger partial charge on any atom is -0.366 e. The number of nitrogens with one attached hydrogen (secondary N) is 1. The van der Waals surface area contributed by atoms with E-state index in [1.807, 2.05) is 48.2 Å². The maximum Gasteiger partial charge on any atom is 0.248 e. The van der Waals surface area contributed by atoms with Gasteiger partial charge >= 0.3 is 0 Å². The van der Waals surface area contributed by atoms with Gasteiger partial charge in [0.15, 0.2) is 0 Å². The fourth-order valence-electron chi connectivity index (χ4n) is 2.63. The van der Waals surface area contributed by atoms with Crippen LogP contribution in [0.4, 0.5) is 11.4 Å². The van der Waals surface area contributed by atoms with Crippen LogP contribution in [0, 0.1) is 0 Å². The van der Waals surface area contributed by atoms with E-state index in [1.165, 1.54) is 0 Å². The van der Waals surface area contributed by atoms with Crippen molar-refractivity contribution in [1.29, 1.82) is 0 Å². The molecule has 5 heteroatoms. The van der Waals surface area contributed by atoms with Crippen molar-refractivity contribution < 1.29 is 9.59 Å². The van der Waals surface area contributed by atoms with Crippen molar-refractivity contribution in [2.24, 2.45) is 5.73 Å². The van der Waals surface area contributed by atoms with E-state index in [2.05, 4.69) is 5.32 Å². The highest BCUT2D eigenvalue weighted by Gasteiger charge is 2.29. The van der Waals surface area contributed by atoms with Crippen LogP contribution in [0.1, 0.15) is 22.8 Å². The van der Waals surface area contributed by atoms with E-state index in [1.54, 1.807) is 12.1 Å². The molecule has 0 spiro atoms. The number of nitrogens with two attached hydrogens (primary N) is 1. The van der Waals surface area contributed by atoms with Crippen LogP contribution in [0.5, 0.6) is 0 Å². The van der Waals surface area contributed by atoms with Gasteiger partial charge in [-0.3, -0.25) is 9.59 Å². The molecule has 1 unspecified atom stereocenters. The number of primary amides is 1. The van der Waals surface area contributed by atoms with E-state index in [4.69, 9.17) is 5.73 Å². The fraction of sp³-hybridized carbons (Fsp3) is 0.176. The second-order valence-electron chi connectivity index (χ2n) is 5.37. The molecule has 2 aromatic rings. The molecule has 0 aliphatic carbocycles. The molecule has 1 aliphatic heterocycles. The highest BCUT2D eigenvalue weighted by Crippen LogP contribution is 2.34. The number of carbonyl (C=O) groups excluding carboxylic acids is 2. The second kappa shape index (κ2) is 5.52. The molecular formula is C17H17N3O2. The lowest BCUT2D eigenvalue weighted by molar-refractivity contribution is -0.117. The molecule has 1 heterocycles. The van der Waals surface area contributed by atoms with Gasteiger partial charge in [-0.2, -0.15) is 0 Å². The summed E-state index contributed by atoms with van der Waals surface area (Å²) in [4.78, 5) is 25.5. The van der Waals surface area contributed by atoms with E-state index < -0.39 is 5.91 Å². The predicted octanol–water partition coefficient (Wildman–Crippen LogP) is 2.13. The zero-order valence-electron chi connectivity index (χ0n) is 12.2. The Morgan fingerprint density at radius 2 is 1.95 bits per heavy atom. The van der Waals surface area contributed by atoms with Gasteiger partial charge in [-0.1, -0.05) is 30.3 Å². The summed E-state index contributed by atoms with van der Waals surface area (Å²) in [5.74, 6) is -0.602. The quantitative estimate of drug-likeness (QED) is 0.911. The summed E-state index contributed by atoms with van der Waals surface area (Å²) < 4.78 is 0. The lowest BCUT2D eigenvalue weighted by atomic mass is 10.0. The minimum atomic E-state index is -0.509. The lowest BCUT2D eigenvalue weighted by Crippen LogP contribution is -2.45. The SMILES string of the molecule is CC1C(=O)Nc2cc(C(N)=O)ccc2N1Cc1ccccc1. The third-order valence-corrected chi connectivity index (χ3v) is 3.89. The van der Waals surface area contributed by atoms with Gasteiger partial charge in [-0.15, -0.1) is 0 Å². The van der Waals surface area contributed by atoms with Gasteiger partial charge in [-0.25, -0.2) is 0 Å². The number of amides is 2. The average Bonchev–Trinajstić information content (AvgIpc) is 2.52. The van der Waals surface area contributed by atoms with Gasteiger partial charge in [0.25, 0.3) is 0 Å². The summed E-state index contributed by atoms with van der Waals surface area (Å²) in [7, 11) is 0. The molecule has 0 saturated carbocycles. The Hall–Kier alpha value is -2.82. The predicted molar refractivity (Wildman–Crippen MR) is 85.7 cm³/mol. The Bertz CT molecular complexity index is 728. The maximum absolute atomic E-state index is 12.2. The summed E-state index contributed by atoms with van der Waals surface area (Å²) in [6, 6.07) is 14.8. The van der Waals surface area contributed by atoms with Crippen LogP contribution >= 0.6 is 0 Å². The molecule has 2 aromatic carbocycles. The van der Waals surface area contributed by atoms with Crippen LogP contribution < -0.4 is 16.0 Å². The van der Waals surface area contributed by atoms with Crippen molar-refractivity contribution in [3.8, 4) is 0 Å². The molecule has 0 bridgehead atoms. The van der Waals surface area contributed by atoms with Gasteiger partial charge in [0.1, 0.15) is 6.04 Å². The summed E-state index contributed by atoms with van der Waals surface area (Å²) in [5, 5.41) is 2.83. The number of benzene rings is 2. The first-order valence-corrected chi connectivity index (χ1v) is 7.11. The van der Waals surface area contributed by atoms with E-state index in [0.717, 1.165) is 11.3 Å². The zero-order valence-corrected chi connectivity index (χ0v) is 12.2. The molecule has 2 amide bonds. The summed E-state index contributed by atoms with van der Waals surface area (Å²) in [6.07, 6.45) is 0. The van der Waals surface area contributed by atoms with Crippen LogP contribution in [0.15, 0.2) is 48.5 Å². The normalized spacial score (nSPS) is 16.9. The molecule has 5 nitrogen and oxygen atoms in total. The molecule has 3 N–H and O–H groups in total. The Labute approximate surface area is 128 Å². The lowest BCUT2D eigenvalue weighted by Gasteiger charge is -2.36. The molecular weight excluding hydrogens is 278 g/mol. The Morgan fingerprint density at radius 1 is 1.23 bits per heavy atom. The number of anilines is 2. The average molecular weight is 295 g/mol. The number of rotatable bonds is 3. The molecule has 0 radical (unpaired) electrons. The molecule has 0 fully saturated rings. The maximum atomic E-state index is 12.2. The van der Waals surface area contributed by atoms with E-state index >= 15 is 0 Å². The number of hydrogen-bond donors (Lipinski definition) is 2. The Morgan fingerprint density at radius 3 is 2.64 bits per heavy atom. The van der Waals surface area contributed by atoms with Gasteiger partial charge in [0.2, 0.25) is 11.8 Å². The molecule has 112 valence electrons. The highest BCUT2D eigenvalue weighted by atomic mass is 16.2. The Kier molecular flexibility index (Phi) is 3.55. The van der Waals surface area contributed by atoms with Gasteiger partial charge < -0.3 is 16.0 Å². The summed E-state index contributed by atoms with van der Waals surface area (Å²) in [5.41, 5.74) is 8.31. The van der Waals surface area contributed by atoms with Crippen molar-refractivity contribution in [3.05, 3.63) is 59.7 Å². The topological polar surface area (TPSA) is 75.4 Å². The van der Waals surface area contributed by atoms with Crippen LogP contribution in [0.3, 0.4) is 0 Å². The van der Waals surface area contributed by atoms with Crippen LogP contribution in [0.25, 0.3) is 0 Å². The number of hydrogen-bond acceptors (Lipinski definition) is 3. The van der Waals surface area contributed by atoms with Crippen molar-refractivity contribution >= 4 is 23.2 Å². The fourth-order valence-corrected chi connectivity index (χ4v) is 2.63. The number of fused-ring (bicyclic) bond motifs is 1. The molecule has 0 saturated heterocycles. The van der Waals surface area contributed by atoms with Crippen molar-refractivity contribution in [1.82, 2.24) is 0 Å². The molecule has 3 rings (SSSR count). The first-order valence-electron chi connectivity index (χ1n) is 7.11. The smallest absolute Gasteiger partial charge is 0.248 e. The largest absolute Gasteiger partial charge is 0.366 e. The van der Waals surface area contributed by atoms with E-state index in [-0.39, 0.29) is 11.9 Å². The zero-order chi connectivity index (χ0) is 15.7. The Balaban J connectivity index is 2.00. The summed E-state index contributed by atoms with van der Waals surface area (Å²) in [6.45, 7) is 2.49. The molecule has 22 heavy (non-hydrogen) atoms. The molecule has 1 atom stereocenters. The van der Waals surface area contributed by atoms with E-state index in [0.29, 0.717) is 17.8 Å². The number of carbonyl (C=O) groups is 2. The second-order valence-corrected chi connectivity index (χ2v) is 5.37. The van der Waals surface area contributed by atoms with Crippen LogP contribution in [0.2, 0.25) is 0 Å². The van der Waals surface area contributed by atoms with Crippen molar-refractivity contribution in [2.75, 3.05) is 10.2 Å². The molecule has 1 aliphatic rings. The van der Waals surface area contributed by atoms with Gasteiger partial charge in [-0.05, 0) is 30.7 Å². The minimum absolute atomic E-state index is 0.0925. The van der Waals surface area contributed by atoms with Crippen molar-refractivity contribution in [2.45, 2.75) is 19.5 Å². The first kappa shape index (κ1) is 14.1. The molecule has 0 aromatic heterocycles. The van der Waals surface area contributed by atoms with Gasteiger partial charge in [0, 0.05) is 12.1 Å². The van der Waals surface area contributed by atoms with Crippen LogP contribution in [-0.2, 0) is 11.3 Å². The monoisotopic (exact) mass is 295 g/mol. The number of nitrogens with zero attached hydrogens (tertiary/aromatic N) is 1. The first-order chi connectivity index (χ1) is 10.6. The third kappa shape index (κ3) is 2.53. The van der Waals surface area contributed by atoms with Gasteiger partial charge in [0.05, 0.1) is 11.4 Å². The highest BCUT2D eigenvalue weighted by molar-refractivity contribution is 6.05.